The summed E-state index contributed by atoms with van der Waals surface area (Å²) < 4.78 is 0. The van der Waals surface area contributed by atoms with Crippen molar-refractivity contribution in [1.82, 2.24) is 0 Å². The molecule has 0 amide bonds. The van der Waals surface area contributed by atoms with Crippen LogP contribution in [-0.4, -0.2) is 0 Å². The van der Waals surface area contributed by atoms with Gasteiger partial charge in [0.1, 0.15) is 0 Å². The quantitative estimate of drug-likeness (QED) is 0.0750. The highest BCUT2D eigenvalue weighted by Crippen LogP contribution is 2.65. The fourth-order valence-electron chi connectivity index (χ4n) is 20.6. The zero-order valence-electron chi connectivity index (χ0n) is 62.9. The maximum Gasteiger partial charge on any atom is 0.0725 e. The number of rotatable bonds is 20. The molecule has 0 bridgehead atoms. The van der Waals surface area contributed by atoms with Crippen molar-refractivity contribution in [2.24, 2.45) is 0 Å². The van der Waals surface area contributed by atoms with Crippen LogP contribution in [0.3, 0.4) is 0 Å². The number of unbranched alkanes of at least 4 members (excludes halogenated alkanes) is 4. The fraction of sp³-hybridized carbons (Fsp3) is 0.243. The summed E-state index contributed by atoms with van der Waals surface area (Å²) in [6.45, 7) is 21.2. The Balaban J connectivity index is 0.767. The minimum absolute atomic E-state index is 0.0558. The molecule has 5 aliphatic carbocycles. The molecular weight excluding hydrogens is 1270 g/mol. The van der Waals surface area contributed by atoms with Crippen LogP contribution in [-0.2, 0) is 21.7 Å². The predicted molar refractivity (Wildman–Crippen MR) is 445 cm³/mol. The van der Waals surface area contributed by atoms with Gasteiger partial charge in [0.15, 0.2) is 0 Å². The molecule has 18 rings (SSSR count). The Kier molecular flexibility index (Phi) is 16.4. The predicted octanol–water partition coefficient (Wildman–Crippen LogP) is 28.8. The second-order valence-electron chi connectivity index (χ2n) is 31.9. The van der Waals surface area contributed by atoms with Crippen molar-refractivity contribution in [1.29, 1.82) is 0 Å². The highest BCUT2D eigenvalue weighted by molar-refractivity contribution is 5.98. The van der Waals surface area contributed by atoms with E-state index in [2.05, 4.69) is 345 Å². The van der Waals surface area contributed by atoms with E-state index in [4.69, 9.17) is 0 Å². The summed E-state index contributed by atoms with van der Waals surface area (Å²) in [5.41, 5.74) is 43.0. The molecule has 1 spiro atoms. The molecule has 13 aromatic carbocycles. The van der Waals surface area contributed by atoms with Crippen molar-refractivity contribution >= 4 is 34.1 Å². The summed E-state index contributed by atoms with van der Waals surface area (Å²) in [5.74, 6) is 0. The molecule has 0 fully saturated rings. The number of aryl methyl sites for hydroxylation is 3. The molecule has 0 heterocycles. The van der Waals surface area contributed by atoms with Gasteiger partial charge in [0, 0.05) is 50.4 Å². The average molecular weight is 1360 g/mol. The Bertz CT molecular complexity index is 5390. The number of nitrogens with zero attached hydrogens (tertiary/aromatic N) is 2. The molecule has 0 aliphatic heterocycles. The van der Waals surface area contributed by atoms with Gasteiger partial charge in [-0.05, 0) is 258 Å². The number of fused-ring (bicyclic) bond motifs is 19. The molecule has 0 atom stereocenters. The summed E-state index contributed by atoms with van der Waals surface area (Å²) in [4.78, 5) is 5.12. The Labute approximate surface area is 624 Å². The molecule has 5 aliphatic rings. The van der Waals surface area contributed by atoms with Gasteiger partial charge in [0.25, 0.3) is 0 Å². The molecule has 0 saturated heterocycles. The largest absolute Gasteiger partial charge is 0.310 e. The van der Waals surface area contributed by atoms with E-state index in [9.17, 15) is 0 Å². The van der Waals surface area contributed by atoms with Gasteiger partial charge >= 0.3 is 0 Å². The average Bonchev–Trinajstić information content (AvgIpc) is 1.51. The monoisotopic (exact) mass is 1360 g/mol. The van der Waals surface area contributed by atoms with Crippen LogP contribution in [0, 0.1) is 20.8 Å². The van der Waals surface area contributed by atoms with E-state index in [0.717, 1.165) is 42.7 Å². The van der Waals surface area contributed by atoms with Gasteiger partial charge < -0.3 is 9.80 Å². The summed E-state index contributed by atoms with van der Waals surface area (Å²) in [5, 5.41) is 0. The Morgan fingerprint density at radius 3 is 1.04 bits per heavy atom. The van der Waals surface area contributed by atoms with Crippen LogP contribution in [0.4, 0.5) is 34.1 Å². The molecule has 0 N–H and O–H groups in total. The molecule has 2 heteroatoms. The minimum Gasteiger partial charge on any atom is -0.310 e. The Hall–Kier alpha value is -10.5. The van der Waals surface area contributed by atoms with Crippen molar-refractivity contribution in [2.75, 3.05) is 9.80 Å². The molecule has 105 heavy (non-hydrogen) atoms. The molecule has 0 saturated carbocycles. The van der Waals surface area contributed by atoms with Gasteiger partial charge in [0.05, 0.1) is 5.41 Å². The van der Waals surface area contributed by atoms with Gasteiger partial charge in [-0.15, -0.1) is 0 Å². The highest BCUT2D eigenvalue weighted by Gasteiger charge is 2.52. The van der Waals surface area contributed by atoms with Crippen LogP contribution in [0.1, 0.15) is 191 Å². The van der Waals surface area contributed by atoms with E-state index in [1.807, 2.05) is 0 Å². The fourth-order valence-corrected chi connectivity index (χ4v) is 20.6. The van der Waals surface area contributed by atoms with Crippen LogP contribution >= 0.6 is 0 Å². The van der Waals surface area contributed by atoms with E-state index < -0.39 is 5.41 Å². The lowest BCUT2D eigenvalue weighted by Gasteiger charge is -2.35. The lowest BCUT2D eigenvalue weighted by Crippen LogP contribution is -2.26. The van der Waals surface area contributed by atoms with Crippen molar-refractivity contribution in [3.63, 3.8) is 0 Å². The van der Waals surface area contributed by atoms with Gasteiger partial charge in [-0.1, -0.05) is 304 Å². The first kappa shape index (κ1) is 66.4. The lowest BCUT2D eigenvalue weighted by molar-refractivity contribution is 0.414. The zero-order chi connectivity index (χ0) is 71.5. The summed E-state index contributed by atoms with van der Waals surface area (Å²) >= 11 is 0. The summed E-state index contributed by atoms with van der Waals surface area (Å²) in [6.07, 6.45) is 14.1. The van der Waals surface area contributed by atoms with Gasteiger partial charge in [0.2, 0.25) is 0 Å². The van der Waals surface area contributed by atoms with Crippen molar-refractivity contribution in [3.8, 4) is 77.9 Å². The molecular formula is C103H96N2. The Morgan fingerprint density at radius 2 is 0.571 bits per heavy atom. The SMILES string of the molecule is CCCCC1(CCCC)c2cc(C)ccc2-c2ccc(N(c3ccc(-c4ccc(N(c5ccc(-c6cccc7c6C(C)(C)c6ccccc6-7)cc5)c5ccc6c(c5)-c5ccccc5C65c6ccccc6-c6ccccc65)cc4)c(C)c3)c3ccc4c(c3)C(CCCC)(CCCC)c3cc(C)ccc3-4)cc21. The number of anilines is 6. The molecule has 518 valence electrons. The van der Waals surface area contributed by atoms with E-state index in [1.165, 1.54) is 219 Å². The van der Waals surface area contributed by atoms with Crippen LogP contribution < -0.4 is 9.80 Å². The minimum atomic E-state index is -0.428. The normalized spacial score (nSPS) is 14.7. The molecule has 13 aromatic rings. The molecule has 0 radical (unpaired) electrons. The van der Waals surface area contributed by atoms with Gasteiger partial charge in [-0.3, -0.25) is 0 Å². The third kappa shape index (κ3) is 10.2. The third-order valence-corrected chi connectivity index (χ3v) is 25.5. The highest BCUT2D eigenvalue weighted by atomic mass is 15.1. The van der Waals surface area contributed by atoms with E-state index in [1.54, 1.807) is 0 Å². The Morgan fingerprint density at radius 1 is 0.248 bits per heavy atom. The third-order valence-electron chi connectivity index (χ3n) is 25.5. The number of hydrogen-bond donors (Lipinski definition) is 0. The van der Waals surface area contributed by atoms with Crippen LogP contribution in [0.25, 0.3) is 77.9 Å². The topological polar surface area (TPSA) is 6.48 Å². The van der Waals surface area contributed by atoms with E-state index >= 15 is 0 Å². The van der Waals surface area contributed by atoms with Crippen molar-refractivity contribution in [2.45, 2.75) is 161 Å². The van der Waals surface area contributed by atoms with Gasteiger partial charge in [-0.25, -0.2) is 0 Å². The zero-order valence-corrected chi connectivity index (χ0v) is 62.9. The first-order valence-electron chi connectivity index (χ1n) is 39.5. The number of benzene rings is 13. The maximum atomic E-state index is 2.64. The van der Waals surface area contributed by atoms with Crippen LogP contribution in [0.2, 0.25) is 0 Å². The first-order chi connectivity index (χ1) is 51.3. The first-order valence-corrected chi connectivity index (χ1v) is 39.5. The molecule has 2 nitrogen and oxygen atoms in total. The summed E-state index contributed by atoms with van der Waals surface area (Å²) in [7, 11) is 0. The second kappa shape index (κ2) is 26.0. The van der Waals surface area contributed by atoms with E-state index in [-0.39, 0.29) is 16.2 Å². The van der Waals surface area contributed by atoms with E-state index in [0.29, 0.717) is 0 Å². The van der Waals surface area contributed by atoms with Crippen LogP contribution in [0.15, 0.2) is 273 Å². The van der Waals surface area contributed by atoms with Gasteiger partial charge in [-0.2, -0.15) is 0 Å². The van der Waals surface area contributed by atoms with Crippen molar-refractivity contribution < 1.29 is 0 Å². The smallest absolute Gasteiger partial charge is 0.0725 e. The maximum absolute atomic E-state index is 2.64. The lowest BCUT2D eigenvalue weighted by atomic mass is 9.70. The summed E-state index contributed by atoms with van der Waals surface area (Å²) in [6, 6.07) is 107. The van der Waals surface area contributed by atoms with Crippen molar-refractivity contribution in [3.05, 3.63) is 345 Å². The van der Waals surface area contributed by atoms with Crippen LogP contribution in [0.5, 0.6) is 0 Å². The molecule has 0 unspecified atom stereocenters. The second-order valence-corrected chi connectivity index (χ2v) is 31.9. The number of hydrogen-bond acceptors (Lipinski definition) is 2. The standard InChI is InChI=1S/C103H96N2/c1-10-14-57-101(58-15-11-2)95-61-67(5)37-51-84(95)86-54-48-76(65-97(86)101)105(77-49-55-87-85-52-38-68(6)62-96(85)102(59-16-12-3,60-17-13-4)98(87)66-77)74-47-53-78(69(7)63-74)70-39-43-72(44-40-70)104(73-45-41-71(42-46-73)79-31-26-32-88-82-29-18-22-33-90(82)100(8,9)99(79)88)75-50-56-94-89(64-75)83-30-21-25-36-93(83)103(94)91-34-23-19-27-80(91)81-28-20-24-35-92(81)103/h18-56,61-66H,10-17,57-60H2,1-9H3. The molecule has 0 aromatic heterocycles.